The van der Waals surface area contributed by atoms with Crippen molar-refractivity contribution in [2.75, 3.05) is 0 Å². The molecule has 0 spiro atoms. The van der Waals surface area contributed by atoms with E-state index in [1.807, 2.05) is 38.2 Å². The molecule has 0 unspecified atom stereocenters. The lowest BCUT2D eigenvalue weighted by molar-refractivity contribution is 1.74. The summed E-state index contributed by atoms with van der Waals surface area (Å²) in [7, 11) is 0. The molecular weight excluding hydrogens is 200 g/mol. The minimum absolute atomic E-state index is 1.29. The lowest BCUT2D eigenvalue weighted by Crippen LogP contribution is -1.54. The van der Waals surface area contributed by atoms with E-state index < -0.39 is 0 Å². The lowest BCUT2D eigenvalue weighted by Gasteiger charge is -1.81. The summed E-state index contributed by atoms with van der Waals surface area (Å²) in [6.07, 6.45) is 16.5. The van der Waals surface area contributed by atoms with Gasteiger partial charge in [0.2, 0.25) is 0 Å². The molecule has 0 aromatic carbocycles. The van der Waals surface area contributed by atoms with Crippen LogP contribution in [0.25, 0.3) is 12.2 Å². The van der Waals surface area contributed by atoms with Gasteiger partial charge in [0.05, 0.1) is 0 Å². The van der Waals surface area contributed by atoms with Crippen LogP contribution in [0.5, 0.6) is 0 Å². The summed E-state index contributed by atoms with van der Waals surface area (Å²) in [6.45, 7) is 4.04. The van der Waals surface area contributed by atoms with Gasteiger partial charge in [0, 0.05) is 9.75 Å². The van der Waals surface area contributed by atoms with Crippen LogP contribution in [0.2, 0.25) is 0 Å². The molecule has 15 heavy (non-hydrogen) atoms. The van der Waals surface area contributed by atoms with Crippen LogP contribution in [0.3, 0.4) is 0 Å². The number of rotatable bonds is 4. The second-order valence-corrected chi connectivity index (χ2v) is 4.16. The summed E-state index contributed by atoms with van der Waals surface area (Å²) < 4.78 is 0. The van der Waals surface area contributed by atoms with Crippen LogP contribution >= 0.6 is 11.3 Å². The van der Waals surface area contributed by atoms with Crippen LogP contribution in [-0.4, -0.2) is 0 Å². The van der Waals surface area contributed by atoms with Gasteiger partial charge in [-0.15, -0.1) is 11.3 Å². The van der Waals surface area contributed by atoms with Crippen molar-refractivity contribution in [3.63, 3.8) is 0 Å². The summed E-state index contributed by atoms with van der Waals surface area (Å²) in [5.41, 5.74) is 0. The standard InChI is InChI=1S/C14H16S/c1-3-5-7-9-13-11-12-14(15-13)10-8-6-4-2/h3-12H,1-2H3/b5-3-,6-4-,9-7-,10-8-. The first kappa shape index (κ1) is 11.7. The Morgan fingerprint density at radius 2 is 1.27 bits per heavy atom. The molecule has 1 aromatic rings. The molecular formula is C14H16S. The first-order valence-corrected chi connectivity index (χ1v) is 5.87. The highest BCUT2D eigenvalue weighted by Gasteiger charge is 1.91. The normalized spacial score (nSPS) is 12.9. The van der Waals surface area contributed by atoms with Gasteiger partial charge in [0.25, 0.3) is 0 Å². The molecule has 0 amide bonds. The van der Waals surface area contributed by atoms with Crippen molar-refractivity contribution >= 4 is 23.5 Å². The maximum absolute atomic E-state index is 2.14. The number of allylic oxidation sites excluding steroid dienone is 6. The third-order valence-electron chi connectivity index (χ3n) is 1.78. The molecule has 1 heteroatoms. The molecule has 0 saturated heterocycles. The van der Waals surface area contributed by atoms with E-state index in [0.29, 0.717) is 0 Å². The van der Waals surface area contributed by atoms with Crippen LogP contribution in [0.1, 0.15) is 23.6 Å². The van der Waals surface area contributed by atoms with Crippen molar-refractivity contribution in [2.45, 2.75) is 13.8 Å². The fourth-order valence-electron chi connectivity index (χ4n) is 1.07. The molecule has 0 bridgehead atoms. The average molecular weight is 216 g/mol. The Hall–Kier alpha value is -1.34. The first-order chi connectivity index (χ1) is 7.36. The SMILES string of the molecule is C/C=C\C=C/c1ccc(/C=C\C=C/C)s1. The van der Waals surface area contributed by atoms with Crippen molar-refractivity contribution in [1.29, 1.82) is 0 Å². The van der Waals surface area contributed by atoms with Gasteiger partial charge in [-0.25, -0.2) is 0 Å². The minimum Gasteiger partial charge on any atom is -0.137 e. The number of hydrogen-bond donors (Lipinski definition) is 0. The van der Waals surface area contributed by atoms with Gasteiger partial charge in [-0.3, -0.25) is 0 Å². The highest BCUT2D eigenvalue weighted by atomic mass is 32.1. The van der Waals surface area contributed by atoms with E-state index in [9.17, 15) is 0 Å². The predicted octanol–water partition coefficient (Wildman–Crippen LogP) is 4.93. The summed E-state index contributed by atoms with van der Waals surface area (Å²) in [4.78, 5) is 2.57. The van der Waals surface area contributed by atoms with E-state index in [1.165, 1.54) is 9.75 Å². The highest BCUT2D eigenvalue weighted by molar-refractivity contribution is 7.13. The van der Waals surface area contributed by atoms with Crippen LogP contribution < -0.4 is 0 Å². The van der Waals surface area contributed by atoms with E-state index in [0.717, 1.165) is 0 Å². The van der Waals surface area contributed by atoms with Crippen LogP contribution in [0.15, 0.2) is 48.6 Å². The van der Waals surface area contributed by atoms with Gasteiger partial charge in [-0.2, -0.15) is 0 Å². The Labute approximate surface area is 96.0 Å². The molecule has 0 nitrogen and oxygen atoms in total. The molecule has 0 radical (unpaired) electrons. The first-order valence-electron chi connectivity index (χ1n) is 5.05. The van der Waals surface area contributed by atoms with E-state index in [2.05, 4.69) is 36.4 Å². The molecule has 0 saturated carbocycles. The molecule has 0 aliphatic carbocycles. The Morgan fingerprint density at radius 1 is 0.800 bits per heavy atom. The molecule has 0 fully saturated rings. The smallest absolute Gasteiger partial charge is 0.0276 e. The van der Waals surface area contributed by atoms with Crippen LogP contribution in [0, 0.1) is 0 Å². The monoisotopic (exact) mass is 216 g/mol. The number of thiophene rings is 1. The van der Waals surface area contributed by atoms with Gasteiger partial charge in [0.15, 0.2) is 0 Å². The molecule has 1 aromatic heterocycles. The zero-order valence-electron chi connectivity index (χ0n) is 9.18. The fraction of sp³-hybridized carbons (Fsp3) is 0.143. The summed E-state index contributed by atoms with van der Waals surface area (Å²) in [5, 5.41) is 0. The van der Waals surface area contributed by atoms with Crippen molar-refractivity contribution < 1.29 is 0 Å². The Bertz CT molecular complexity index is 353. The topological polar surface area (TPSA) is 0 Å². The van der Waals surface area contributed by atoms with Gasteiger partial charge in [0.1, 0.15) is 0 Å². The third kappa shape index (κ3) is 4.61. The van der Waals surface area contributed by atoms with Crippen molar-refractivity contribution in [3.05, 3.63) is 58.3 Å². The molecule has 1 rings (SSSR count). The number of hydrogen-bond acceptors (Lipinski definition) is 1. The van der Waals surface area contributed by atoms with E-state index >= 15 is 0 Å². The van der Waals surface area contributed by atoms with Crippen molar-refractivity contribution in [2.24, 2.45) is 0 Å². The van der Waals surface area contributed by atoms with Crippen molar-refractivity contribution in [1.82, 2.24) is 0 Å². The maximum atomic E-state index is 2.14. The molecule has 78 valence electrons. The quantitative estimate of drug-likeness (QED) is 0.626. The van der Waals surface area contributed by atoms with Gasteiger partial charge in [-0.05, 0) is 38.1 Å². The average Bonchev–Trinajstić information content (AvgIpc) is 2.67. The van der Waals surface area contributed by atoms with E-state index in [-0.39, 0.29) is 0 Å². The van der Waals surface area contributed by atoms with Crippen LogP contribution in [-0.2, 0) is 0 Å². The molecule has 0 aliphatic rings. The Kier molecular flexibility index (Phi) is 5.49. The Morgan fingerprint density at radius 3 is 1.67 bits per heavy atom. The molecule has 1 heterocycles. The van der Waals surface area contributed by atoms with Crippen molar-refractivity contribution in [3.8, 4) is 0 Å². The maximum Gasteiger partial charge on any atom is 0.0276 e. The molecule has 0 aliphatic heterocycles. The van der Waals surface area contributed by atoms with Gasteiger partial charge in [-0.1, -0.05) is 36.5 Å². The summed E-state index contributed by atoms with van der Waals surface area (Å²) in [6, 6.07) is 4.28. The second kappa shape index (κ2) is 7.02. The minimum atomic E-state index is 1.29. The van der Waals surface area contributed by atoms with Gasteiger partial charge < -0.3 is 0 Å². The summed E-state index contributed by atoms with van der Waals surface area (Å²) >= 11 is 1.79. The van der Waals surface area contributed by atoms with Gasteiger partial charge >= 0.3 is 0 Å². The molecule has 0 N–H and O–H groups in total. The zero-order valence-corrected chi connectivity index (χ0v) is 10.00. The predicted molar refractivity (Wildman–Crippen MR) is 72.0 cm³/mol. The fourth-order valence-corrected chi connectivity index (χ4v) is 1.91. The third-order valence-corrected chi connectivity index (χ3v) is 2.79. The highest BCUT2D eigenvalue weighted by Crippen LogP contribution is 2.19. The van der Waals surface area contributed by atoms with E-state index in [1.54, 1.807) is 11.3 Å². The summed E-state index contributed by atoms with van der Waals surface area (Å²) in [5.74, 6) is 0. The largest absolute Gasteiger partial charge is 0.137 e. The lowest BCUT2D eigenvalue weighted by atomic mass is 10.3. The van der Waals surface area contributed by atoms with E-state index in [4.69, 9.17) is 0 Å². The second-order valence-electron chi connectivity index (χ2n) is 3.01. The Balaban J connectivity index is 2.63. The molecule has 0 atom stereocenters. The zero-order chi connectivity index (χ0) is 10.9. The van der Waals surface area contributed by atoms with Crippen LogP contribution in [0.4, 0.5) is 0 Å².